The maximum absolute atomic E-state index is 11.6. The quantitative estimate of drug-likeness (QED) is 0.809. The number of carbonyl (C=O) groups is 1. The minimum atomic E-state index is -0.713. The zero-order chi connectivity index (χ0) is 14.0. The van der Waals surface area contributed by atoms with Gasteiger partial charge in [0, 0.05) is 11.6 Å². The van der Waals surface area contributed by atoms with Crippen LogP contribution in [0.15, 0.2) is 0 Å². The molecule has 3 nitrogen and oxygen atoms in total. The molecular formula is C15H29NO2. The van der Waals surface area contributed by atoms with Crippen molar-refractivity contribution in [3.8, 4) is 0 Å². The van der Waals surface area contributed by atoms with Gasteiger partial charge in [-0.25, -0.2) is 0 Å². The van der Waals surface area contributed by atoms with Crippen LogP contribution in [0.25, 0.3) is 0 Å². The van der Waals surface area contributed by atoms with Crippen LogP contribution in [-0.2, 0) is 4.79 Å². The highest BCUT2D eigenvalue weighted by molar-refractivity contribution is 5.74. The van der Waals surface area contributed by atoms with Crippen LogP contribution in [0.4, 0.5) is 0 Å². The fraction of sp³-hybridized carbons (Fsp3) is 0.933. The number of carboxylic acid groups (broad SMARTS) is 1. The molecule has 106 valence electrons. The molecule has 0 unspecified atom stereocenters. The van der Waals surface area contributed by atoms with Crippen molar-refractivity contribution in [1.82, 2.24) is 5.32 Å². The van der Waals surface area contributed by atoms with E-state index in [-0.39, 0.29) is 11.6 Å². The van der Waals surface area contributed by atoms with Crippen molar-refractivity contribution < 1.29 is 9.90 Å². The van der Waals surface area contributed by atoms with E-state index in [0.717, 1.165) is 12.8 Å². The monoisotopic (exact) mass is 255 g/mol. The predicted molar refractivity (Wildman–Crippen MR) is 74.7 cm³/mol. The molecule has 0 saturated heterocycles. The fourth-order valence-electron chi connectivity index (χ4n) is 2.95. The molecule has 3 heteroatoms. The van der Waals surface area contributed by atoms with Gasteiger partial charge in [0.2, 0.25) is 0 Å². The summed E-state index contributed by atoms with van der Waals surface area (Å²) < 4.78 is 0. The average Bonchev–Trinajstić information content (AvgIpc) is 2.25. The summed E-state index contributed by atoms with van der Waals surface area (Å²) in [5, 5.41) is 13.1. The zero-order valence-electron chi connectivity index (χ0n) is 12.5. The summed E-state index contributed by atoms with van der Waals surface area (Å²) in [6.45, 7) is 10.0. The summed E-state index contributed by atoms with van der Waals surface area (Å²) in [6, 6.07) is 0.0512. The molecule has 0 heterocycles. The van der Waals surface area contributed by atoms with Crippen LogP contribution in [0.3, 0.4) is 0 Å². The van der Waals surface area contributed by atoms with Gasteiger partial charge in [-0.3, -0.25) is 4.79 Å². The third-order valence-electron chi connectivity index (χ3n) is 4.04. The molecule has 1 atom stereocenters. The summed E-state index contributed by atoms with van der Waals surface area (Å²) in [7, 11) is 0. The number of aliphatic carboxylic acids is 1. The first-order chi connectivity index (χ1) is 8.14. The van der Waals surface area contributed by atoms with Gasteiger partial charge in [0.05, 0.1) is 5.41 Å². The Morgan fingerprint density at radius 2 is 1.61 bits per heavy atom. The molecule has 2 N–H and O–H groups in total. The second-order valence-corrected chi connectivity index (χ2v) is 7.30. The van der Waals surface area contributed by atoms with E-state index in [0.29, 0.717) is 5.92 Å². The molecule has 0 spiro atoms. The molecular weight excluding hydrogens is 226 g/mol. The minimum Gasteiger partial charge on any atom is -0.481 e. The number of nitrogens with one attached hydrogen (secondary N) is 1. The summed E-state index contributed by atoms with van der Waals surface area (Å²) in [5.74, 6) is -0.209. The van der Waals surface area contributed by atoms with Crippen LogP contribution in [0, 0.1) is 11.3 Å². The van der Waals surface area contributed by atoms with Gasteiger partial charge in [0.1, 0.15) is 0 Å². The summed E-state index contributed by atoms with van der Waals surface area (Å²) in [5.41, 5.74) is -0.760. The Labute approximate surface area is 111 Å². The molecule has 0 aliphatic heterocycles. The standard InChI is InChI=1S/C15H29NO2/c1-14(2,3)16-12(15(4,5)13(17)18)11-9-7-6-8-10-11/h11-12,16H,6-10H2,1-5H3,(H,17,18)/t12-/m0/s1. The topological polar surface area (TPSA) is 49.3 Å². The molecule has 0 amide bonds. The van der Waals surface area contributed by atoms with Gasteiger partial charge in [-0.15, -0.1) is 0 Å². The van der Waals surface area contributed by atoms with Crippen molar-refractivity contribution in [1.29, 1.82) is 0 Å². The first-order valence-electron chi connectivity index (χ1n) is 7.15. The van der Waals surface area contributed by atoms with Gasteiger partial charge in [0.25, 0.3) is 0 Å². The Morgan fingerprint density at radius 1 is 1.11 bits per heavy atom. The van der Waals surface area contributed by atoms with Crippen LogP contribution in [0.1, 0.15) is 66.7 Å². The Bertz CT molecular complexity index is 285. The van der Waals surface area contributed by atoms with Gasteiger partial charge in [-0.05, 0) is 53.4 Å². The number of rotatable bonds is 4. The highest BCUT2D eigenvalue weighted by Gasteiger charge is 2.42. The summed E-state index contributed by atoms with van der Waals surface area (Å²) in [4.78, 5) is 11.6. The van der Waals surface area contributed by atoms with E-state index in [4.69, 9.17) is 0 Å². The van der Waals surface area contributed by atoms with Gasteiger partial charge in [-0.1, -0.05) is 19.3 Å². The lowest BCUT2D eigenvalue weighted by atomic mass is 9.71. The molecule has 0 radical (unpaired) electrons. The van der Waals surface area contributed by atoms with Gasteiger partial charge in [0.15, 0.2) is 0 Å². The molecule has 0 aromatic rings. The molecule has 0 aromatic heterocycles. The molecule has 0 aromatic carbocycles. The minimum absolute atomic E-state index is 0.0468. The lowest BCUT2D eigenvalue weighted by Gasteiger charge is -2.43. The third-order valence-corrected chi connectivity index (χ3v) is 4.04. The van der Waals surface area contributed by atoms with Gasteiger partial charge in [-0.2, -0.15) is 0 Å². The highest BCUT2D eigenvalue weighted by atomic mass is 16.4. The van der Waals surface area contributed by atoms with Gasteiger partial charge >= 0.3 is 5.97 Å². The van der Waals surface area contributed by atoms with Crippen molar-refractivity contribution >= 4 is 5.97 Å². The largest absolute Gasteiger partial charge is 0.481 e. The van der Waals surface area contributed by atoms with Crippen molar-refractivity contribution in [3.05, 3.63) is 0 Å². The molecule has 1 saturated carbocycles. The highest BCUT2D eigenvalue weighted by Crippen LogP contribution is 2.36. The second-order valence-electron chi connectivity index (χ2n) is 7.30. The molecule has 18 heavy (non-hydrogen) atoms. The Balaban J connectivity index is 2.90. The molecule has 1 aliphatic rings. The van der Waals surface area contributed by atoms with Crippen molar-refractivity contribution in [3.63, 3.8) is 0 Å². The van der Waals surface area contributed by atoms with Crippen LogP contribution in [-0.4, -0.2) is 22.7 Å². The van der Waals surface area contributed by atoms with Gasteiger partial charge < -0.3 is 10.4 Å². The Hall–Kier alpha value is -0.570. The Kier molecular flexibility index (Phi) is 4.82. The number of hydrogen-bond donors (Lipinski definition) is 2. The van der Waals surface area contributed by atoms with E-state index < -0.39 is 11.4 Å². The molecule has 0 bridgehead atoms. The third kappa shape index (κ3) is 3.98. The van der Waals surface area contributed by atoms with Crippen molar-refractivity contribution in [2.24, 2.45) is 11.3 Å². The van der Waals surface area contributed by atoms with E-state index in [1.54, 1.807) is 0 Å². The van der Waals surface area contributed by atoms with E-state index in [9.17, 15) is 9.90 Å². The SMILES string of the molecule is CC(C)(C)N[C@@H](C1CCCCC1)C(C)(C)C(=O)O. The smallest absolute Gasteiger partial charge is 0.310 e. The lowest BCUT2D eigenvalue weighted by molar-refractivity contribution is -0.150. The molecule has 1 aliphatic carbocycles. The first kappa shape index (κ1) is 15.5. The van der Waals surface area contributed by atoms with E-state index in [1.165, 1.54) is 19.3 Å². The van der Waals surface area contributed by atoms with Crippen LogP contribution in [0.5, 0.6) is 0 Å². The van der Waals surface area contributed by atoms with Crippen molar-refractivity contribution in [2.75, 3.05) is 0 Å². The molecule has 1 fully saturated rings. The normalized spacial score (nSPS) is 20.7. The van der Waals surface area contributed by atoms with E-state index in [1.807, 2.05) is 13.8 Å². The van der Waals surface area contributed by atoms with Crippen LogP contribution < -0.4 is 5.32 Å². The Morgan fingerprint density at radius 3 is 2.00 bits per heavy atom. The zero-order valence-corrected chi connectivity index (χ0v) is 12.5. The summed E-state index contributed by atoms with van der Waals surface area (Å²) in [6.07, 6.45) is 6.09. The lowest BCUT2D eigenvalue weighted by Crippen LogP contribution is -2.57. The van der Waals surface area contributed by atoms with Crippen LogP contribution in [0.2, 0.25) is 0 Å². The fourth-order valence-corrected chi connectivity index (χ4v) is 2.95. The first-order valence-corrected chi connectivity index (χ1v) is 7.15. The maximum Gasteiger partial charge on any atom is 0.310 e. The predicted octanol–water partition coefficient (Wildman–Crippen LogP) is 3.43. The number of carboxylic acids is 1. The van der Waals surface area contributed by atoms with Crippen LogP contribution >= 0.6 is 0 Å². The van der Waals surface area contributed by atoms with Crippen molar-refractivity contribution in [2.45, 2.75) is 78.3 Å². The molecule has 1 rings (SSSR count). The van der Waals surface area contributed by atoms with E-state index >= 15 is 0 Å². The average molecular weight is 255 g/mol. The van der Waals surface area contributed by atoms with E-state index in [2.05, 4.69) is 26.1 Å². The maximum atomic E-state index is 11.6. The summed E-state index contributed by atoms with van der Waals surface area (Å²) >= 11 is 0. The second kappa shape index (κ2) is 5.60. The number of hydrogen-bond acceptors (Lipinski definition) is 2.